The molecule has 0 spiro atoms. The number of carbonyl (C=O) groups is 2. The van der Waals surface area contributed by atoms with Gasteiger partial charge in [0.25, 0.3) is 5.91 Å². The molecule has 6 heteroatoms. The lowest BCUT2D eigenvalue weighted by Gasteiger charge is -2.17. The number of hydrogen-bond acceptors (Lipinski definition) is 3. The van der Waals surface area contributed by atoms with Crippen molar-refractivity contribution in [2.24, 2.45) is 5.92 Å². The molecule has 0 unspecified atom stereocenters. The first-order chi connectivity index (χ1) is 8.90. The number of carboxylic acids is 1. The van der Waals surface area contributed by atoms with Crippen LogP contribution in [0.15, 0.2) is 6.07 Å². The van der Waals surface area contributed by atoms with Crippen LogP contribution in [0.3, 0.4) is 0 Å². The van der Waals surface area contributed by atoms with Gasteiger partial charge in [0.1, 0.15) is 11.7 Å². The molecule has 2 N–H and O–H groups in total. The van der Waals surface area contributed by atoms with Crippen LogP contribution >= 0.6 is 0 Å². The second-order valence-electron chi connectivity index (χ2n) is 4.72. The van der Waals surface area contributed by atoms with E-state index in [9.17, 15) is 9.59 Å². The number of carboxylic acid groups (broad SMARTS) is 1. The molecule has 0 saturated heterocycles. The fraction of sp³-hybridized carbons (Fsp3) is 0.615. The molecule has 0 aliphatic carbocycles. The Morgan fingerprint density at radius 2 is 2.05 bits per heavy atom. The standard InChI is InChI=1S/C13H21N3O3/c1-5-9-7-10(16(6-2)15-9)12(17)14-11(8(3)4)13(18)19/h7-8,11H,5-6H2,1-4H3,(H,14,17)(H,18,19)/t11-/m1/s1. The van der Waals surface area contributed by atoms with Crippen LogP contribution in [0.1, 0.15) is 43.9 Å². The van der Waals surface area contributed by atoms with E-state index in [1.165, 1.54) is 0 Å². The van der Waals surface area contributed by atoms with E-state index in [0.717, 1.165) is 12.1 Å². The van der Waals surface area contributed by atoms with Crippen molar-refractivity contribution in [2.75, 3.05) is 0 Å². The Labute approximate surface area is 112 Å². The Morgan fingerprint density at radius 3 is 2.47 bits per heavy atom. The summed E-state index contributed by atoms with van der Waals surface area (Å²) in [6.45, 7) is 7.93. The number of aromatic nitrogens is 2. The molecule has 1 aromatic rings. The number of aliphatic carboxylic acids is 1. The number of hydrogen-bond donors (Lipinski definition) is 2. The first-order valence-electron chi connectivity index (χ1n) is 6.51. The Balaban J connectivity index is 2.93. The molecule has 0 radical (unpaired) electrons. The average Bonchev–Trinajstić information content (AvgIpc) is 2.78. The van der Waals surface area contributed by atoms with Gasteiger partial charge in [0.05, 0.1) is 5.69 Å². The van der Waals surface area contributed by atoms with E-state index >= 15 is 0 Å². The van der Waals surface area contributed by atoms with Crippen molar-refractivity contribution >= 4 is 11.9 Å². The summed E-state index contributed by atoms with van der Waals surface area (Å²) in [7, 11) is 0. The van der Waals surface area contributed by atoms with Gasteiger partial charge >= 0.3 is 5.97 Å². The first-order valence-corrected chi connectivity index (χ1v) is 6.51. The Hall–Kier alpha value is -1.85. The molecule has 6 nitrogen and oxygen atoms in total. The summed E-state index contributed by atoms with van der Waals surface area (Å²) < 4.78 is 1.59. The van der Waals surface area contributed by atoms with Crippen LogP contribution in [-0.2, 0) is 17.8 Å². The topological polar surface area (TPSA) is 84.2 Å². The summed E-state index contributed by atoms with van der Waals surface area (Å²) in [5.74, 6) is -1.60. The molecule has 1 rings (SSSR count). The number of nitrogens with zero attached hydrogens (tertiary/aromatic N) is 2. The Morgan fingerprint density at radius 1 is 1.42 bits per heavy atom. The monoisotopic (exact) mass is 267 g/mol. The summed E-state index contributed by atoms with van der Waals surface area (Å²) in [6, 6.07) is 0.815. The van der Waals surface area contributed by atoms with Crippen LogP contribution in [0.25, 0.3) is 0 Å². The van der Waals surface area contributed by atoms with E-state index in [-0.39, 0.29) is 5.92 Å². The van der Waals surface area contributed by atoms with Gasteiger partial charge in [0, 0.05) is 6.54 Å². The van der Waals surface area contributed by atoms with Crippen LogP contribution < -0.4 is 5.32 Å². The Bertz CT molecular complexity index is 466. The van der Waals surface area contributed by atoms with Gasteiger partial charge in [-0.3, -0.25) is 9.48 Å². The fourth-order valence-corrected chi connectivity index (χ4v) is 1.80. The van der Waals surface area contributed by atoms with Crippen molar-refractivity contribution in [2.45, 2.75) is 46.7 Å². The third-order valence-electron chi connectivity index (χ3n) is 2.94. The Kier molecular flexibility index (Phi) is 5.09. The van der Waals surface area contributed by atoms with Gasteiger partial charge in [-0.2, -0.15) is 5.10 Å². The van der Waals surface area contributed by atoms with Crippen molar-refractivity contribution in [1.29, 1.82) is 0 Å². The molecule has 1 amide bonds. The molecule has 0 fully saturated rings. The van der Waals surface area contributed by atoms with Crippen molar-refractivity contribution in [3.63, 3.8) is 0 Å². The second kappa shape index (κ2) is 6.36. The highest BCUT2D eigenvalue weighted by atomic mass is 16.4. The summed E-state index contributed by atoms with van der Waals surface area (Å²) in [5.41, 5.74) is 1.23. The molecule has 0 saturated carbocycles. The minimum Gasteiger partial charge on any atom is -0.480 e. The maximum atomic E-state index is 12.1. The second-order valence-corrected chi connectivity index (χ2v) is 4.72. The smallest absolute Gasteiger partial charge is 0.326 e. The number of amides is 1. The lowest BCUT2D eigenvalue weighted by atomic mass is 10.0. The zero-order valence-corrected chi connectivity index (χ0v) is 11.8. The quantitative estimate of drug-likeness (QED) is 0.813. The lowest BCUT2D eigenvalue weighted by molar-refractivity contribution is -0.140. The third-order valence-corrected chi connectivity index (χ3v) is 2.94. The van der Waals surface area contributed by atoms with Crippen molar-refractivity contribution in [1.82, 2.24) is 15.1 Å². The molecule has 19 heavy (non-hydrogen) atoms. The lowest BCUT2D eigenvalue weighted by Crippen LogP contribution is -2.44. The first kappa shape index (κ1) is 15.2. The highest BCUT2D eigenvalue weighted by Crippen LogP contribution is 2.08. The van der Waals surface area contributed by atoms with E-state index < -0.39 is 17.9 Å². The third kappa shape index (κ3) is 3.56. The zero-order valence-electron chi connectivity index (χ0n) is 11.8. The van der Waals surface area contributed by atoms with Crippen LogP contribution in [0, 0.1) is 5.92 Å². The summed E-state index contributed by atoms with van der Waals surface area (Å²) in [6.07, 6.45) is 0.736. The van der Waals surface area contributed by atoms with E-state index in [1.54, 1.807) is 24.6 Å². The van der Waals surface area contributed by atoms with Crippen LogP contribution in [0.5, 0.6) is 0 Å². The zero-order chi connectivity index (χ0) is 14.6. The number of aryl methyl sites for hydroxylation is 2. The molecule has 0 aliphatic rings. The average molecular weight is 267 g/mol. The van der Waals surface area contributed by atoms with Crippen molar-refractivity contribution < 1.29 is 14.7 Å². The van der Waals surface area contributed by atoms with E-state index in [2.05, 4.69) is 10.4 Å². The molecule has 106 valence electrons. The molecule has 1 atom stereocenters. The molecule has 0 bridgehead atoms. The molecule has 1 heterocycles. The van der Waals surface area contributed by atoms with E-state index in [4.69, 9.17) is 5.11 Å². The summed E-state index contributed by atoms with van der Waals surface area (Å²) in [4.78, 5) is 23.2. The molecule has 1 aromatic heterocycles. The van der Waals surface area contributed by atoms with Gasteiger partial charge in [-0.15, -0.1) is 0 Å². The van der Waals surface area contributed by atoms with Gasteiger partial charge in [-0.05, 0) is 25.3 Å². The normalized spacial score (nSPS) is 12.5. The summed E-state index contributed by atoms with van der Waals surface area (Å²) in [5, 5.41) is 15.9. The fourth-order valence-electron chi connectivity index (χ4n) is 1.80. The van der Waals surface area contributed by atoms with Gasteiger partial charge < -0.3 is 10.4 Å². The molecular formula is C13H21N3O3. The molecule has 0 aromatic carbocycles. The predicted octanol–water partition coefficient (Wildman–Crippen LogP) is 1.30. The number of nitrogens with one attached hydrogen (secondary N) is 1. The minimum atomic E-state index is -1.03. The largest absolute Gasteiger partial charge is 0.480 e. The van der Waals surface area contributed by atoms with E-state index in [1.807, 2.05) is 13.8 Å². The predicted molar refractivity (Wildman–Crippen MR) is 71.0 cm³/mol. The van der Waals surface area contributed by atoms with E-state index in [0.29, 0.717) is 12.2 Å². The molecular weight excluding hydrogens is 246 g/mol. The molecule has 0 aliphatic heterocycles. The minimum absolute atomic E-state index is 0.176. The van der Waals surface area contributed by atoms with Gasteiger partial charge in [-0.1, -0.05) is 20.8 Å². The maximum absolute atomic E-state index is 12.1. The van der Waals surface area contributed by atoms with Gasteiger partial charge in [0.15, 0.2) is 0 Å². The van der Waals surface area contributed by atoms with Gasteiger partial charge in [0.2, 0.25) is 0 Å². The van der Waals surface area contributed by atoms with Crippen LogP contribution in [0.2, 0.25) is 0 Å². The van der Waals surface area contributed by atoms with Crippen LogP contribution in [0.4, 0.5) is 0 Å². The maximum Gasteiger partial charge on any atom is 0.326 e. The number of carbonyl (C=O) groups excluding carboxylic acids is 1. The SMILES string of the molecule is CCc1cc(C(=O)N[C@@H](C(=O)O)C(C)C)n(CC)n1. The van der Waals surface area contributed by atoms with Crippen molar-refractivity contribution in [3.8, 4) is 0 Å². The number of rotatable bonds is 6. The highest BCUT2D eigenvalue weighted by molar-refractivity contribution is 5.95. The van der Waals surface area contributed by atoms with Crippen LogP contribution in [-0.4, -0.2) is 32.8 Å². The van der Waals surface area contributed by atoms with Crippen molar-refractivity contribution in [3.05, 3.63) is 17.5 Å². The summed E-state index contributed by atoms with van der Waals surface area (Å²) >= 11 is 0. The highest BCUT2D eigenvalue weighted by Gasteiger charge is 2.25. The van der Waals surface area contributed by atoms with Gasteiger partial charge in [-0.25, -0.2) is 4.79 Å².